The number of rotatable bonds is 3. The molecule has 0 spiro atoms. The Hall–Kier alpha value is -1.97. The van der Waals surface area contributed by atoms with Gasteiger partial charge in [-0.05, 0) is 12.1 Å². The molecule has 10 heteroatoms. The summed E-state index contributed by atoms with van der Waals surface area (Å²) in [7, 11) is 0. The van der Waals surface area contributed by atoms with Crippen LogP contribution in [0.4, 0.5) is 13.2 Å². The first kappa shape index (κ1) is 13.5. The number of hydrogen-bond donors (Lipinski definition) is 0. The van der Waals surface area contributed by atoms with Crippen molar-refractivity contribution in [2.75, 3.05) is 6.61 Å². The fraction of sp³-hybridized carbons (Fsp3) is 0.333. The number of alkyl halides is 3. The number of carbonyl (C=O) groups is 1. The van der Waals surface area contributed by atoms with Crippen LogP contribution in [0.25, 0.3) is 11.6 Å². The van der Waals surface area contributed by atoms with Crippen LogP contribution in [0.15, 0.2) is 9.90 Å². The lowest BCUT2D eigenvalue weighted by Crippen LogP contribution is -2.06. The van der Waals surface area contributed by atoms with E-state index in [2.05, 4.69) is 24.4 Å². The van der Waals surface area contributed by atoms with E-state index < -0.39 is 17.2 Å². The zero-order valence-electron chi connectivity index (χ0n) is 9.39. The van der Waals surface area contributed by atoms with Crippen molar-refractivity contribution >= 4 is 17.3 Å². The summed E-state index contributed by atoms with van der Waals surface area (Å²) in [4.78, 5) is 18.2. The van der Waals surface area contributed by atoms with Crippen LogP contribution >= 0.6 is 11.3 Å². The summed E-state index contributed by atoms with van der Waals surface area (Å²) in [5.74, 6) is -1.45. The summed E-state index contributed by atoms with van der Waals surface area (Å²) in [6.07, 6.45) is -4.53. The molecule has 0 amide bonds. The summed E-state index contributed by atoms with van der Waals surface area (Å²) < 4.78 is 46.3. The molecule has 0 atom stereocenters. The van der Waals surface area contributed by atoms with Crippen molar-refractivity contribution in [1.29, 1.82) is 0 Å². The summed E-state index contributed by atoms with van der Waals surface area (Å²) in [5, 5.41) is 3.39. The van der Waals surface area contributed by atoms with Crippen molar-refractivity contribution in [1.82, 2.24) is 15.1 Å². The Morgan fingerprint density at radius 2 is 2.21 bits per heavy atom. The molecule has 0 fully saturated rings. The second-order valence-electron chi connectivity index (χ2n) is 3.18. The molecule has 0 aliphatic carbocycles. The number of ether oxygens (including phenoxy) is 1. The van der Waals surface area contributed by atoms with Crippen LogP contribution in [0.5, 0.6) is 0 Å². The van der Waals surface area contributed by atoms with E-state index in [9.17, 15) is 18.0 Å². The van der Waals surface area contributed by atoms with Crippen LogP contribution in [-0.4, -0.2) is 27.7 Å². The number of nitrogens with zero attached hydrogens (tertiary/aromatic N) is 3. The van der Waals surface area contributed by atoms with Crippen molar-refractivity contribution in [3.63, 3.8) is 0 Å². The Kier molecular flexibility index (Phi) is 3.51. The zero-order valence-corrected chi connectivity index (χ0v) is 10.2. The van der Waals surface area contributed by atoms with E-state index in [0.717, 1.165) is 5.38 Å². The Morgan fingerprint density at radius 1 is 1.47 bits per heavy atom. The Balaban J connectivity index is 2.23. The van der Waals surface area contributed by atoms with Gasteiger partial charge in [0.2, 0.25) is 0 Å². The summed E-state index contributed by atoms with van der Waals surface area (Å²) >= 11 is 0.399. The van der Waals surface area contributed by atoms with Crippen LogP contribution in [0.2, 0.25) is 0 Å². The third kappa shape index (κ3) is 2.89. The zero-order chi connectivity index (χ0) is 14.0. The third-order valence-corrected chi connectivity index (χ3v) is 2.74. The minimum atomic E-state index is -4.53. The first-order valence-electron chi connectivity index (χ1n) is 4.95. The highest BCUT2D eigenvalue weighted by Gasteiger charge is 2.35. The van der Waals surface area contributed by atoms with Gasteiger partial charge in [0.25, 0.3) is 11.7 Å². The van der Waals surface area contributed by atoms with E-state index in [4.69, 9.17) is 0 Å². The maximum atomic E-state index is 12.4. The van der Waals surface area contributed by atoms with Gasteiger partial charge < -0.3 is 9.26 Å². The van der Waals surface area contributed by atoms with Crippen molar-refractivity contribution in [2.24, 2.45) is 0 Å². The molecule has 0 radical (unpaired) electrons. The lowest BCUT2D eigenvalue weighted by Gasteiger charge is -1.98. The van der Waals surface area contributed by atoms with E-state index in [0.29, 0.717) is 11.3 Å². The topological polar surface area (TPSA) is 78.1 Å². The van der Waals surface area contributed by atoms with E-state index >= 15 is 0 Å². The average molecular weight is 293 g/mol. The Labute approximate surface area is 108 Å². The first-order chi connectivity index (χ1) is 8.91. The second kappa shape index (κ2) is 4.96. The molecule has 0 saturated heterocycles. The normalized spacial score (nSPS) is 11.6. The van der Waals surface area contributed by atoms with Crippen molar-refractivity contribution in [2.45, 2.75) is 13.1 Å². The molecule has 0 aliphatic rings. The maximum Gasteiger partial charge on any atom is 0.443 e. The molecule has 0 N–H and O–H groups in total. The molecule has 0 bridgehead atoms. The summed E-state index contributed by atoms with van der Waals surface area (Å²) in [5.41, 5.74) is -0.139. The molecule has 6 nitrogen and oxygen atoms in total. The van der Waals surface area contributed by atoms with Gasteiger partial charge in [-0.25, -0.2) is 9.78 Å². The third-order valence-electron chi connectivity index (χ3n) is 1.85. The highest BCUT2D eigenvalue weighted by atomic mass is 32.1. The minimum Gasteiger partial charge on any atom is -0.460 e. The first-order valence-corrected chi connectivity index (χ1v) is 5.83. The molecule has 2 rings (SSSR count). The van der Waals surface area contributed by atoms with Crippen molar-refractivity contribution < 1.29 is 27.2 Å². The fourth-order valence-electron chi connectivity index (χ4n) is 1.11. The van der Waals surface area contributed by atoms with Crippen LogP contribution in [0.1, 0.15) is 22.6 Å². The van der Waals surface area contributed by atoms with Gasteiger partial charge >= 0.3 is 12.1 Å². The van der Waals surface area contributed by atoms with Gasteiger partial charge in [0.15, 0.2) is 5.01 Å². The van der Waals surface area contributed by atoms with Gasteiger partial charge in [-0.2, -0.15) is 18.2 Å². The predicted molar refractivity (Wildman–Crippen MR) is 56.4 cm³/mol. The molecule has 19 heavy (non-hydrogen) atoms. The quantitative estimate of drug-likeness (QED) is 0.808. The van der Waals surface area contributed by atoms with E-state index in [1.54, 1.807) is 6.92 Å². The van der Waals surface area contributed by atoms with Crippen LogP contribution in [-0.2, 0) is 10.9 Å². The Bertz CT molecular complexity index is 593. The molecule has 0 saturated carbocycles. The van der Waals surface area contributed by atoms with Crippen molar-refractivity contribution in [3.8, 4) is 11.6 Å². The van der Waals surface area contributed by atoms with Gasteiger partial charge in [0.1, 0.15) is 5.69 Å². The molecule has 0 aliphatic heterocycles. The second-order valence-corrected chi connectivity index (χ2v) is 4.04. The number of aromatic nitrogens is 3. The highest BCUT2D eigenvalue weighted by molar-refractivity contribution is 7.10. The SMILES string of the molecule is CCOC(=O)c1noc(-c2csc(C(F)(F)F)n2)n1. The van der Waals surface area contributed by atoms with Gasteiger partial charge in [-0.3, -0.25) is 0 Å². The molecule has 2 heterocycles. The Morgan fingerprint density at radius 3 is 2.79 bits per heavy atom. The maximum absolute atomic E-state index is 12.4. The predicted octanol–water partition coefficient (Wildman–Crippen LogP) is 2.39. The molecule has 0 unspecified atom stereocenters. The highest BCUT2D eigenvalue weighted by Crippen LogP contribution is 2.33. The monoisotopic (exact) mass is 293 g/mol. The van der Waals surface area contributed by atoms with Crippen LogP contribution < -0.4 is 0 Å². The van der Waals surface area contributed by atoms with Gasteiger partial charge in [-0.15, -0.1) is 11.3 Å². The number of carbonyl (C=O) groups excluding carboxylic acids is 1. The molecule has 2 aromatic rings. The molecule has 0 aromatic carbocycles. The van der Waals surface area contributed by atoms with E-state index in [-0.39, 0.29) is 24.0 Å². The average Bonchev–Trinajstić information content (AvgIpc) is 2.97. The van der Waals surface area contributed by atoms with Gasteiger partial charge in [-0.1, -0.05) is 0 Å². The lowest BCUT2D eigenvalue weighted by atomic mass is 10.5. The largest absolute Gasteiger partial charge is 0.460 e. The fourth-order valence-corrected chi connectivity index (χ4v) is 1.77. The number of hydrogen-bond acceptors (Lipinski definition) is 7. The summed E-state index contributed by atoms with van der Waals surface area (Å²) in [6.45, 7) is 1.71. The number of halogens is 3. The van der Waals surface area contributed by atoms with Crippen molar-refractivity contribution in [3.05, 3.63) is 16.2 Å². The van der Waals surface area contributed by atoms with Gasteiger partial charge in [0, 0.05) is 5.38 Å². The standard InChI is InChI=1S/C9H6F3N3O3S/c1-2-17-7(16)5-14-6(18-15-5)4-3-19-8(13-4)9(10,11)12/h3H,2H2,1H3. The number of esters is 1. The molecule has 102 valence electrons. The van der Waals surface area contributed by atoms with Crippen LogP contribution in [0.3, 0.4) is 0 Å². The smallest absolute Gasteiger partial charge is 0.443 e. The molecular weight excluding hydrogens is 287 g/mol. The van der Waals surface area contributed by atoms with Crippen LogP contribution in [0, 0.1) is 0 Å². The summed E-state index contributed by atoms with van der Waals surface area (Å²) in [6, 6.07) is 0. The number of thiazole rings is 1. The molecular formula is C9H6F3N3O3S. The van der Waals surface area contributed by atoms with E-state index in [1.807, 2.05) is 0 Å². The van der Waals surface area contributed by atoms with Gasteiger partial charge in [0.05, 0.1) is 6.61 Å². The minimum absolute atomic E-state index is 0.123. The lowest BCUT2D eigenvalue weighted by molar-refractivity contribution is -0.137. The van der Waals surface area contributed by atoms with E-state index in [1.165, 1.54) is 0 Å². The molecule has 2 aromatic heterocycles.